The Labute approximate surface area is 169 Å². The molecule has 3 rings (SSSR count). The molecule has 0 radical (unpaired) electrons. The minimum Gasteiger partial charge on any atom is -0.497 e. The Morgan fingerprint density at radius 2 is 1.72 bits per heavy atom. The molecule has 2 aromatic carbocycles. The lowest BCUT2D eigenvalue weighted by atomic mass is 10.0. The van der Waals surface area contributed by atoms with Crippen molar-refractivity contribution in [2.75, 3.05) is 37.5 Å². The lowest BCUT2D eigenvalue weighted by molar-refractivity contribution is -0.384. The summed E-state index contributed by atoms with van der Waals surface area (Å²) in [6.07, 6.45) is 1.65. The number of benzene rings is 2. The molecule has 1 aliphatic rings. The minimum absolute atomic E-state index is 0.0263. The maximum absolute atomic E-state index is 11.6. The van der Waals surface area contributed by atoms with Crippen molar-refractivity contribution < 1.29 is 19.2 Å². The van der Waals surface area contributed by atoms with E-state index in [0.717, 1.165) is 18.5 Å². The van der Waals surface area contributed by atoms with Crippen LogP contribution in [0.15, 0.2) is 36.4 Å². The number of piperidine rings is 1. The maximum Gasteiger partial charge on any atom is 0.293 e. The molecule has 1 fully saturated rings. The number of rotatable bonds is 7. The molecule has 2 aromatic rings. The second-order valence-corrected chi connectivity index (χ2v) is 7.02. The highest BCUT2D eigenvalue weighted by Crippen LogP contribution is 2.33. The summed E-state index contributed by atoms with van der Waals surface area (Å²) in [4.78, 5) is 24.6. The summed E-state index contributed by atoms with van der Waals surface area (Å²) in [5.74, 6) is 1.24. The van der Waals surface area contributed by atoms with Gasteiger partial charge >= 0.3 is 0 Å². The SMILES string of the molecule is COc1cc(NC2CCN(c3ccc(C(C)=O)cc3[N+](=O)[O-])CC2)cc(OC)c1. The predicted octanol–water partition coefficient (Wildman–Crippen LogP) is 3.90. The molecule has 0 aromatic heterocycles. The molecule has 8 nitrogen and oxygen atoms in total. The van der Waals surface area contributed by atoms with E-state index in [0.29, 0.717) is 35.8 Å². The average Bonchev–Trinajstić information content (AvgIpc) is 2.73. The van der Waals surface area contributed by atoms with Crippen molar-refractivity contribution in [2.24, 2.45) is 0 Å². The normalized spacial score (nSPS) is 14.4. The fourth-order valence-electron chi connectivity index (χ4n) is 3.55. The highest BCUT2D eigenvalue weighted by atomic mass is 16.6. The monoisotopic (exact) mass is 399 g/mol. The average molecular weight is 399 g/mol. The van der Waals surface area contributed by atoms with Gasteiger partial charge in [-0.2, -0.15) is 0 Å². The number of nitrogens with one attached hydrogen (secondary N) is 1. The summed E-state index contributed by atoms with van der Waals surface area (Å²) >= 11 is 0. The van der Waals surface area contributed by atoms with Crippen LogP contribution in [0, 0.1) is 10.1 Å². The van der Waals surface area contributed by atoms with Gasteiger partial charge in [-0.1, -0.05) is 0 Å². The van der Waals surface area contributed by atoms with Crippen molar-refractivity contribution in [2.45, 2.75) is 25.8 Å². The number of hydrogen-bond acceptors (Lipinski definition) is 7. The van der Waals surface area contributed by atoms with Crippen molar-refractivity contribution in [1.82, 2.24) is 0 Å². The van der Waals surface area contributed by atoms with Gasteiger partial charge in [-0.15, -0.1) is 0 Å². The molecule has 0 atom stereocenters. The molecule has 0 spiro atoms. The summed E-state index contributed by atoms with van der Waals surface area (Å²) in [5, 5.41) is 15.0. The molecule has 1 saturated heterocycles. The molecule has 0 amide bonds. The van der Waals surface area contributed by atoms with Gasteiger partial charge < -0.3 is 19.7 Å². The van der Waals surface area contributed by atoms with Crippen LogP contribution in [-0.2, 0) is 0 Å². The van der Waals surface area contributed by atoms with Crippen molar-refractivity contribution in [3.63, 3.8) is 0 Å². The summed E-state index contributed by atoms with van der Waals surface area (Å²) in [5.41, 5.74) is 1.79. The first-order valence-corrected chi connectivity index (χ1v) is 9.45. The van der Waals surface area contributed by atoms with E-state index >= 15 is 0 Å². The first kappa shape index (κ1) is 20.4. The van der Waals surface area contributed by atoms with Crippen LogP contribution in [0.25, 0.3) is 0 Å². The van der Waals surface area contributed by atoms with Gasteiger partial charge in [0, 0.05) is 54.6 Å². The first-order chi connectivity index (χ1) is 13.9. The number of carbonyl (C=O) groups excluding carboxylic acids is 1. The van der Waals surface area contributed by atoms with Crippen LogP contribution in [0.5, 0.6) is 11.5 Å². The summed E-state index contributed by atoms with van der Waals surface area (Å²) in [7, 11) is 3.22. The number of Topliss-reactive ketones (excluding diaryl/α,β-unsaturated/α-hetero) is 1. The Kier molecular flexibility index (Phi) is 6.21. The fraction of sp³-hybridized carbons (Fsp3) is 0.381. The number of nitrogens with zero attached hydrogens (tertiary/aromatic N) is 2. The summed E-state index contributed by atoms with van der Waals surface area (Å²) < 4.78 is 10.6. The maximum atomic E-state index is 11.6. The van der Waals surface area contributed by atoms with Crippen LogP contribution in [0.2, 0.25) is 0 Å². The number of methoxy groups -OCH3 is 2. The molecule has 0 unspecified atom stereocenters. The molecular formula is C21H25N3O5. The number of ether oxygens (including phenoxy) is 2. The number of ketones is 1. The van der Waals surface area contributed by atoms with Crippen molar-refractivity contribution >= 4 is 22.8 Å². The number of anilines is 2. The second kappa shape index (κ2) is 8.81. The zero-order chi connectivity index (χ0) is 21.0. The van der Waals surface area contributed by atoms with Crippen LogP contribution in [0.3, 0.4) is 0 Å². The zero-order valence-corrected chi connectivity index (χ0v) is 16.8. The Morgan fingerprint density at radius 3 is 2.24 bits per heavy atom. The van der Waals surface area contributed by atoms with Crippen LogP contribution >= 0.6 is 0 Å². The smallest absolute Gasteiger partial charge is 0.293 e. The van der Waals surface area contributed by atoms with E-state index in [-0.39, 0.29) is 17.5 Å². The van der Waals surface area contributed by atoms with Gasteiger partial charge in [0.25, 0.3) is 5.69 Å². The van der Waals surface area contributed by atoms with Gasteiger partial charge in [0.2, 0.25) is 0 Å². The number of carbonyl (C=O) groups is 1. The van der Waals surface area contributed by atoms with E-state index < -0.39 is 4.92 Å². The Balaban J connectivity index is 1.70. The van der Waals surface area contributed by atoms with E-state index in [1.165, 1.54) is 13.0 Å². The molecule has 0 bridgehead atoms. The number of hydrogen-bond donors (Lipinski definition) is 1. The third-order valence-corrected chi connectivity index (χ3v) is 5.14. The third-order valence-electron chi connectivity index (χ3n) is 5.14. The van der Waals surface area contributed by atoms with Crippen molar-refractivity contribution in [1.29, 1.82) is 0 Å². The molecular weight excluding hydrogens is 374 g/mol. The van der Waals surface area contributed by atoms with Gasteiger partial charge in [0.15, 0.2) is 5.78 Å². The van der Waals surface area contributed by atoms with E-state index in [2.05, 4.69) is 5.32 Å². The third kappa shape index (κ3) is 4.77. The highest BCUT2D eigenvalue weighted by Gasteiger charge is 2.25. The van der Waals surface area contributed by atoms with Gasteiger partial charge in [0.05, 0.1) is 19.1 Å². The van der Waals surface area contributed by atoms with Crippen LogP contribution in [0.1, 0.15) is 30.1 Å². The van der Waals surface area contributed by atoms with Gasteiger partial charge in [-0.25, -0.2) is 0 Å². The largest absolute Gasteiger partial charge is 0.497 e. The summed E-state index contributed by atoms with van der Waals surface area (Å²) in [6.45, 7) is 2.77. The topological polar surface area (TPSA) is 93.9 Å². The fourth-order valence-corrected chi connectivity index (χ4v) is 3.55. The quantitative estimate of drug-likeness (QED) is 0.429. The van der Waals surface area contributed by atoms with Crippen LogP contribution < -0.4 is 19.7 Å². The lowest BCUT2D eigenvalue weighted by Crippen LogP contribution is -2.39. The second-order valence-electron chi connectivity index (χ2n) is 7.02. The molecule has 1 heterocycles. The standard InChI is InChI=1S/C21H25N3O5/c1-14(25)15-4-5-20(21(10-15)24(26)27)23-8-6-16(7-9-23)22-17-11-18(28-2)13-19(12-17)29-3/h4-5,10-13,16,22H,6-9H2,1-3H3. The Hall–Kier alpha value is -3.29. The van der Waals surface area contributed by atoms with Crippen LogP contribution in [0.4, 0.5) is 17.1 Å². The predicted molar refractivity (Wildman–Crippen MR) is 112 cm³/mol. The summed E-state index contributed by atoms with van der Waals surface area (Å²) in [6, 6.07) is 10.6. The molecule has 154 valence electrons. The van der Waals surface area contributed by atoms with E-state index in [1.54, 1.807) is 26.4 Å². The van der Waals surface area contributed by atoms with Crippen LogP contribution in [-0.4, -0.2) is 44.1 Å². The van der Waals surface area contributed by atoms with Crippen molar-refractivity contribution in [3.8, 4) is 11.5 Å². The number of nitro benzene ring substituents is 1. The first-order valence-electron chi connectivity index (χ1n) is 9.45. The Bertz CT molecular complexity index is 885. The minimum atomic E-state index is -0.422. The van der Waals surface area contributed by atoms with E-state index in [4.69, 9.17) is 9.47 Å². The molecule has 8 heteroatoms. The molecule has 1 aliphatic heterocycles. The lowest BCUT2D eigenvalue weighted by Gasteiger charge is -2.34. The Morgan fingerprint density at radius 1 is 1.10 bits per heavy atom. The molecule has 1 N–H and O–H groups in total. The van der Waals surface area contributed by atoms with Gasteiger partial charge in [-0.05, 0) is 31.9 Å². The highest BCUT2D eigenvalue weighted by molar-refractivity contribution is 5.95. The van der Waals surface area contributed by atoms with E-state index in [1.807, 2.05) is 23.1 Å². The van der Waals surface area contributed by atoms with Gasteiger partial charge in [0.1, 0.15) is 17.2 Å². The number of nitro groups is 1. The van der Waals surface area contributed by atoms with Gasteiger partial charge in [-0.3, -0.25) is 14.9 Å². The van der Waals surface area contributed by atoms with E-state index in [9.17, 15) is 14.9 Å². The van der Waals surface area contributed by atoms with Crippen molar-refractivity contribution in [3.05, 3.63) is 52.1 Å². The molecule has 0 saturated carbocycles. The zero-order valence-electron chi connectivity index (χ0n) is 16.8. The molecule has 0 aliphatic carbocycles. The molecule has 29 heavy (non-hydrogen) atoms.